The van der Waals surface area contributed by atoms with E-state index in [2.05, 4.69) is 65.6 Å². The molecule has 0 spiro atoms. The van der Waals surface area contributed by atoms with Gasteiger partial charge in [0.05, 0.1) is 0 Å². The van der Waals surface area contributed by atoms with Gasteiger partial charge in [-0.2, -0.15) is 0 Å². The molecule has 1 heteroatoms. The highest BCUT2D eigenvalue weighted by molar-refractivity contribution is 5.72. The van der Waals surface area contributed by atoms with Crippen LogP contribution in [0.4, 0.5) is 0 Å². The summed E-state index contributed by atoms with van der Waals surface area (Å²) in [6, 6.07) is 19.9. The highest BCUT2D eigenvalue weighted by Gasteiger charge is 2.26. The van der Waals surface area contributed by atoms with E-state index in [4.69, 9.17) is 0 Å². The van der Waals surface area contributed by atoms with Crippen LogP contribution in [0.15, 0.2) is 60.7 Å². The molecule has 0 saturated carbocycles. The second kappa shape index (κ2) is 6.72. The van der Waals surface area contributed by atoms with E-state index in [-0.39, 0.29) is 0 Å². The molecule has 1 nitrogen and oxygen atoms in total. The Morgan fingerprint density at radius 1 is 0.957 bits per heavy atom. The van der Waals surface area contributed by atoms with E-state index in [1.165, 1.54) is 49.9 Å². The third-order valence-electron chi connectivity index (χ3n) is 5.30. The van der Waals surface area contributed by atoms with Gasteiger partial charge in [-0.1, -0.05) is 60.7 Å². The molecular weight excluding hydrogens is 278 g/mol. The lowest BCUT2D eigenvalue weighted by molar-refractivity contribution is 0.193. The zero-order chi connectivity index (χ0) is 15.5. The molecule has 2 aliphatic rings. The van der Waals surface area contributed by atoms with Gasteiger partial charge in [0, 0.05) is 13.1 Å². The summed E-state index contributed by atoms with van der Waals surface area (Å²) in [4.78, 5) is 2.64. The van der Waals surface area contributed by atoms with Crippen LogP contribution in [0.3, 0.4) is 0 Å². The lowest BCUT2D eigenvalue weighted by atomic mass is 9.80. The Kier molecular flexibility index (Phi) is 4.30. The summed E-state index contributed by atoms with van der Waals surface area (Å²) < 4.78 is 0. The highest BCUT2D eigenvalue weighted by atomic mass is 15.1. The molecule has 118 valence electrons. The molecule has 1 atom stereocenters. The predicted octanol–water partition coefficient (Wildman–Crippen LogP) is 4.93. The second-order valence-electron chi connectivity index (χ2n) is 6.92. The smallest absolute Gasteiger partial charge is 0.0233 e. The minimum atomic E-state index is 0.703. The van der Waals surface area contributed by atoms with Crippen LogP contribution in [-0.4, -0.2) is 18.0 Å². The number of allylic oxidation sites excluding steroid dienone is 1. The van der Waals surface area contributed by atoms with Gasteiger partial charge in [0.15, 0.2) is 0 Å². The fraction of sp³-hybridized carbons (Fsp3) is 0.364. The zero-order valence-corrected chi connectivity index (χ0v) is 13.7. The monoisotopic (exact) mass is 303 g/mol. The lowest BCUT2D eigenvalue weighted by Gasteiger charge is -2.35. The first kappa shape index (κ1) is 14.7. The molecule has 0 bridgehead atoms. The fourth-order valence-corrected chi connectivity index (χ4v) is 4.19. The van der Waals surface area contributed by atoms with E-state index in [1.807, 2.05) is 0 Å². The summed E-state index contributed by atoms with van der Waals surface area (Å²) in [7, 11) is 0. The van der Waals surface area contributed by atoms with Crippen molar-refractivity contribution < 1.29 is 0 Å². The molecule has 0 radical (unpaired) electrons. The van der Waals surface area contributed by atoms with Crippen molar-refractivity contribution in [2.45, 2.75) is 32.2 Å². The molecule has 1 heterocycles. The molecule has 4 rings (SSSR count). The average molecular weight is 303 g/mol. The van der Waals surface area contributed by atoms with Gasteiger partial charge in [-0.05, 0) is 60.4 Å². The van der Waals surface area contributed by atoms with Crippen LogP contribution in [0, 0.1) is 5.92 Å². The normalized spacial score (nSPS) is 21.6. The van der Waals surface area contributed by atoms with Gasteiger partial charge in [-0.25, -0.2) is 0 Å². The summed E-state index contributed by atoms with van der Waals surface area (Å²) in [5, 5.41) is 0. The standard InChI is InChI=1S/C22H25N/c1-2-8-18(9-3-1)16-23-15-7-12-20(17-23)22-14-6-11-19-10-4-5-13-21(19)22/h1-5,8-10,13-14,20H,6-7,11-12,15-17H2. The Balaban J connectivity index is 1.50. The maximum absolute atomic E-state index is 2.64. The zero-order valence-electron chi connectivity index (χ0n) is 13.7. The Hall–Kier alpha value is -1.86. The summed E-state index contributed by atoms with van der Waals surface area (Å²) in [5.74, 6) is 0.703. The Morgan fingerprint density at radius 3 is 2.70 bits per heavy atom. The van der Waals surface area contributed by atoms with E-state index < -0.39 is 0 Å². The molecule has 1 fully saturated rings. The van der Waals surface area contributed by atoms with Crippen molar-refractivity contribution >= 4 is 5.57 Å². The molecule has 1 aliphatic carbocycles. The van der Waals surface area contributed by atoms with Crippen LogP contribution in [0.2, 0.25) is 0 Å². The molecule has 2 aromatic carbocycles. The summed E-state index contributed by atoms with van der Waals surface area (Å²) in [6.07, 6.45) is 7.59. The van der Waals surface area contributed by atoms with Crippen molar-refractivity contribution in [2.75, 3.05) is 13.1 Å². The number of aryl methyl sites for hydroxylation is 1. The minimum Gasteiger partial charge on any atom is -0.298 e. The SMILES string of the molecule is C1=C(C2CCCN(Cc3ccccc3)C2)c2ccccc2CC1. The van der Waals surface area contributed by atoms with Gasteiger partial charge < -0.3 is 0 Å². The molecule has 0 amide bonds. The first-order valence-corrected chi connectivity index (χ1v) is 8.95. The molecular formula is C22H25N. The summed E-state index contributed by atoms with van der Waals surface area (Å²) >= 11 is 0. The molecule has 2 aromatic rings. The third-order valence-corrected chi connectivity index (χ3v) is 5.30. The van der Waals surface area contributed by atoms with Crippen LogP contribution in [0.1, 0.15) is 36.0 Å². The first-order valence-electron chi connectivity index (χ1n) is 8.95. The highest BCUT2D eigenvalue weighted by Crippen LogP contribution is 2.36. The van der Waals surface area contributed by atoms with Crippen molar-refractivity contribution in [1.82, 2.24) is 4.90 Å². The van der Waals surface area contributed by atoms with Crippen LogP contribution in [-0.2, 0) is 13.0 Å². The number of rotatable bonds is 3. The second-order valence-corrected chi connectivity index (χ2v) is 6.92. The average Bonchev–Trinajstić information content (AvgIpc) is 2.62. The number of hydrogen-bond acceptors (Lipinski definition) is 1. The van der Waals surface area contributed by atoms with Crippen molar-refractivity contribution in [3.63, 3.8) is 0 Å². The van der Waals surface area contributed by atoms with Crippen LogP contribution >= 0.6 is 0 Å². The van der Waals surface area contributed by atoms with Crippen molar-refractivity contribution in [3.05, 3.63) is 77.4 Å². The molecule has 0 N–H and O–H groups in total. The van der Waals surface area contributed by atoms with Gasteiger partial charge in [-0.15, -0.1) is 0 Å². The van der Waals surface area contributed by atoms with Gasteiger partial charge in [-0.3, -0.25) is 4.90 Å². The van der Waals surface area contributed by atoms with Crippen molar-refractivity contribution in [3.8, 4) is 0 Å². The van der Waals surface area contributed by atoms with Crippen LogP contribution in [0.5, 0.6) is 0 Å². The molecule has 23 heavy (non-hydrogen) atoms. The number of piperidine rings is 1. The number of benzene rings is 2. The number of fused-ring (bicyclic) bond motifs is 1. The van der Waals surface area contributed by atoms with Crippen LogP contribution in [0.25, 0.3) is 5.57 Å². The summed E-state index contributed by atoms with van der Waals surface area (Å²) in [5.41, 5.74) is 6.12. The molecule has 1 aliphatic heterocycles. The summed E-state index contributed by atoms with van der Waals surface area (Å²) in [6.45, 7) is 3.53. The fourth-order valence-electron chi connectivity index (χ4n) is 4.19. The maximum atomic E-state index is 2.64. The Bertz CT molecular complexity index is 686. The van der Waals surface area contributed by atoms with E-state index in [0.29, 0.717) is 5.92 Å². The maximum Gasteiger partial charge on any atom is 0.0233 e. The Morgan fingerprint density at radius 2 is 1.78 bits per heavy atom. The lowest BCUT2D eigenvalue weighted by Crippen LogP contribution is -2.35. The van der Waals surface area contributed by atoms with Crippen LogP contribution < -0.4 is 0 Å². The van der Waals surface area contributed by atoms with Gasteiger partial charge in [0.1, 0.15) is 0 Å². The van der Waals surface area contributed by atoms with Gasteiger partial charge in [0.25, 0.3) is 0 Å². The largest absolute Gasteiger partial charge is 0.298 e. The quantitative estimate of drug-likeness (QED) is 0.777. The van der Waals surface area contributed by atoms with Crippen molar-refractivity contribution in [1.29, 1.82) is 0 Å². The van der Waals surface area contributed by atoms with E-state index in [1.54, 1.807) is 11.1 Å². The van der Waals surface area contributed by atoms with E-state index in [9.17, 15) is 0 Å². The van der Waals surface area contributed by atoms with Crippen molar-refractivity contribution in [2.24, 2.45) is 5.92 Å². The molecule has 1 unspecified atom stereocenters. The Labute approximate surface area is 139 Å². The number of likely N-dealkylation sites (tertiary alicyclic amines) is 1. The predicted molar refractivity (Wildman–Crippen MR) is 97.2 cm³/mol. The van der Waals surface area contributed by atoms with E-state index >= 15 is 0 Å². The minimum absolute atomic E-state index is 0.703. The first-order chi connectivity index (χ1) is 11.4. The van der Waals surface area contributed by atoms with Gasteiger partial charge in [0.2, 0.25) is 0 Å². The number of hydrogen-bond donors (Lipinski definition) is 0. The molecule has 0 aromatic heterocycles. The van der Waals surface area contributed by atoms with Gasteiger partial charge >= 0.3 is 0 Å². The molecule has 1 saturated heterocycles. The van der Waals surface area contributed by atoms with E-state index in [0.717, 1.165) is 6.54 Å². The number of nitrogens with zero attached hydrogens (tertiary/aromatic N) is 1. The topological polar surface area (TPSA) is 3.24 Å². The third kappa shape index (κ3) is 3.25.